The highest BCUT2D eigenvalue weighted by Crippen LogP contribution is 2.29. The first-order valence-electron chi connectivity index (χ1n) is 6.83. The van der Waals surface area contributed by atoms with Gasteiger partial charge >= 0.3 is 0 Å². The summed E-state index contributed by atoms with van der Waals surface area (Å²) in [7, 11) is 0. The summed E-state index contributed by atoms with van der Waals surface area (Å²) < 4.78 is 11.5. The van der Waals surface area contributed by atoms with Crippen molar-refractivity contribution in [2.75, 3.05) is 0 Å². The zero-order valence-corrected chi connectivity index (χ0v) is 12.4. The Morgan fingerprint density at radius 3 is 2.11 bits per heavy atom. The molecule has 2 nitrogen and oxygen atoms in total. The van der Waals surface area contributed by atoms with Crippen LogP contribution in [0.4, 0.5) is 0 Å². The number of benzene rings is 2. The van der Waals surface area contributed by atoms with Gasteiger partial charge in [-0.25, -0.2) is 0 Å². The van der Waals surface area contributed by atoms with Crippen LogP contribution >= 0.6 is 0 Å². The quantitative estimate of drug-likeness (QED) is 0.789. The van der Waals surface area contributed by atoms with Crippen LogP contribution in [0.1, 0.15) is 33.3 Å². The van der Waals surface area contributed by atoms with E-state index in [0.29, 0.717) is 0 Å². The SMILES string of the molecule is Cc1cc2cc(OC(C)C)ccc2cc1OC(C)C. The van der Waals surface area contributed by atoms with E-state index in [-0.39, 0.29) is 12.2 Å². The second-order valence-corrected chi connectivity index (χ2v) is 5.46. The highest BCUT2D eigenvalue weighted by atomic mass is 16.5. The molecule has 2 aromatic carbocycles. The van der Waals surface area contributed by atoms with Crippen LogP contribution in [-0.2, 0) is 0 Å². The van der Waals surface area contributed by atoms with Gasteiger partial charge in [0.2, 0.25) is 0 Å². The fourth-order valence-electron chi connectivity index (χ4n) is 2.10. The average Bonchev–Trinajstić information content (AvgIpc) is 2.29. The maximum Gasteiger partial charge on any atom is 0.123 e. The molecule has 0 spiro atoms. The number of rotatable bonds is 4. The molecular weight excluding hydrogens is 236 g/mol. The van der Waals surface area contributed by atoms with Gasteiger partial charge in [0.15, 0.2) is 0 Å². The highest BCUT2D eigenvalue weighted by molar-refractivity contribution is 5.86. The molecule has 0 unspecified atom stereocenters. The van der Waals surface area contributed by atoms with Crippen molar-refractivity contribution in [2.24, 2.45) is 0 Å². The monoisotopic (exact) mass is 258 g/mol. The van der Waals surface area contributed by atoms with Crippen LogP contribution in [-0.4, -0.2) is 12.2 Å². The van der Waals surface area contributed by atoms with Crippen LogP contribution in [0.3, 0.4) is 0 Å². The molecule has 102 valence electrons. The third-order valence-electron chi connectivity index (χ3n) is 2.84. The largest absolute Gasteiger partial charge is 0.491 e. The lowest BCUT2D eigenvalue weighted by Crippen LogP contribution is -2.07. The Balaban J connectivity index is 2.40. The minimum absolute atomic E-state index is 0.194. The summed E-state index contributed by atoms with van der Waals surface area (Å²) in [6, 6.07) is 10.4. The van der Waals surface area contributed by atoms with Gasteiger partial charge in [-0.15, -0.1) is 0 Å². The lowest BCUT2D eigenvalue weighted by atomic mass is 10.1. The summed E-state index contributed by atoms with van der Waals surface area (Å²) in [6.07, 6.45) is 0.391. The predicted molar refractivity (Wildman–Crippen MR) is 80.2 cm³/mol. The number of fused-ring (bicyclic) bond motifs is 1. The smallest absolute Gasteiger partial charge is 0.123 e. The van der Waals surface area contributed by atoms with E-state index in [2.05, 4.69) is 31.2 Å². The molecule has 0 bridgehead atoms. The standard InChI is InChI=1S/C17H22O2/c1-11(2)18-16-7-6-14-10-17(19-12(3)4)13(5)8-15(14)9-16/h6-12H,1-5H3. The van der Waals surface area contributed by atoms with Crippen molar-refractivity contribution in [3.05, 3.63) is 35.9 Å². The van der Waals surface area contributed by atoms with Gasteiger partial charge in [-0.3, -0.25) is 0 Å². The molecule has 0 aromatic heterocycles. The van der Waals surface area contributed by atoms with E-state index in [1.54, 1.807) is 0 Å². The van der Waals surface area contributed by atoms with Crippen LogP contribution in [0.5, 0.6) is 11.5 Å². The summed E-state index contributed by atoms with van der Waals surface area (Å²) in [5.74, 6) is 1.87. The first-order valence-corrected chi connectivity index (χ1v) is 6.83. The average molecular weight is 258 g/mol. The van der Waals surface area contributed by atoms with Gasteiger partial charge in [0, 0.05) is 0 Å². The number of aryl methyl sites for hydroxylation is 1. The summed E-state index contributed by atoms with van der Waals surface area (Å²) in [4.78, 5) is 0. The molecule has 0 saturated carbocycles. The Hall–Kier alpha value is -1.70. The summed E-state index contributed by atoms with van der Waals surface area (Å²) >= 11 is 0. The van der Waals surface area contributed by atoms with Gasteiger partial charge in [-0.1, -0.05) is 6.07 Å². The van der Waals surface area contributed by atoms with Crippen molar-refractivity contribution >= 4 is 10.8 Å². The van der Waals surface area contributed by atoms with Gasteiger partial charge < -0.3 is 9.47 Å². The van der Waals surface area contributed by atoms with Gasteiger partial charge in [0.1, 0.15) is 11.5 Å². The maximum atomic E-state index is 5.82. The van der Waals surface area contributed by atoms with Crippen molar-refractivity contribution in [1.82, 2.24) is 0 Å². The lowest BCUT2D eigenvalue weighted by Gasteiger charge is -2.14. The van der Waals surface area contributed by atoms with Crippen molar-refractivity contribution in [2.45, 2.75) is 46.8 Å². The van der Waals surface area contributed by atoms with E-state index < -0.39 is 0 Å². The van der Waals surface area contributed by atoms with Gasteiger partial charge in [0.05, 0.1) is 12.2 Å². The van der Waals surface area contributed by atoms with Crippen molar-refractivity contribution in [3.63, 3.8) is 0 Å². The van der Waals surface area contributed by atoms with Gasteiger partial charge in [-0.05, 0) is 75.2 Å². The van der Waals surface area contributed by atoms with Crippen molar-refractivity contribution in [1.29, 1.82) is 0 Å². The molecule has 2 rings (SSSR count). The second kappa shape index (κ2) is 5.52. The lowest BCUT2D eigenvalue weighted by molar-refractivity contribution is 0.240. The molecule has 2 aromatic rings. The Bertz CT molecular complexity index is 571. The van der Waals surface area contributed by atoms with E-state index >= 15 is 0 Å². The molecule has 0 saturated heterocycles. The third kappa shape index (κ3) is 3.40. The van der Waals surface area contributed by atoms with E-state index in [4.69, 9.17) is 9.47 Å². The zero-order chi connectivity index (χ0) is 14.0. The Morgan fingerprint density at radius 2 is 1.47 bits per heavy atom. The van der Waals surface area contributed by atoms with Gasteiger partial charge in [0.25, 0.3) is 0 Å². The van der Waals surface area contributed by atoms with E-state index in [1.165, 1.54) is 10.8 Å². The molecule has 2 heteroatoms. The second-order valence-electron chi connectivity index (χ2n) is 5.46. The molecule has 19 heavy (non-hydrogen) atoms. The zero-order valence-electron chi connectivity index (χ0n) is 12.4. The van der Waals surface area contributed by atoms with E-state index in [0.717, 1.165) is 17.1 Å². The molecule has 0 aliphatic heterocycles. The fraction of sp³-hybridized carbons (Fsp3) is 0.412. The molecule has 0 radical (unpaired) electrons. The van der Waals surface area contributed by atoms with Crippen LogP contribution in [0.25, 0.3) is 10.8 Å². The first-order chi connectivity index (χ1) is 8.95. The van der Waals surface area contributed by atoms with Crippen LogP contribution in [0.2, 0.25) is 0 Å². The van der Waals surface area contributed by atoms with Crippen molar-refractivity contribution < 1.29 is 9.47 Å². The van der Waals surface area contributed by atoms with Crippen LogP contribution in [0.15, 0.2) is 30.3 Å². The number of hydrogen-bond donors (Lipinski definition) is 0. The Kier molecular flexibility index (Phi) is 3.98. The number of hydrogen-bond acceptors (Lipinski definition) is 2. The maximum absolute atomic E-state index is 5.82. The van der Waals surface area contributed by atoms with Crippen LogP contribution < -0.4 is 9.47 Å². The first kappa shape index (κ1) is 13.7. The molecular formula is C17H22O2. The Morgan fingerprint density at radius 1 is 0.789 bits per heavy atom. The van der Waals surface area contributed by atoms with Crippen LogP contribution in [0, 0.1) is 6.92 Å². The molecule has 0 N–H and O–H groups in total. The molecule has 0 aliphatic carbocycles. The minimum Gasteiger partial charge on any atom is -0.491 e. The number of ether oxygens (including phenoxy) is 2. The minimum atomic E-state index is 0.194. The molecule has 0 amide bonds. The summed E-state index contributed by atoms with van der Waals surface area (Å²) in [6.45, 7) is 10.2. The van der Waals surface area contributed by atoms with E-state index in [9.17, 15) is 0 Å². The highest BCUT2D eigenvalue weighted by Gasteiger charge is 2.06. The fourth-order valence-corrected chi connectivity index (χ4v) is 2.10. The van der Waals surface area contributed by atoms with Gasteiger partial charge in [-0.2, -0.15) is 0 Å². The summed E-state index contributed by atoms with van der Waals surface area (Å²) in [5.41, 5.74) is 1.16. The third-order valence-corrected chi connectivity index (χ3v) is 2.84. The van der Waals surface area contributed by atoms with Crippen molar-refractivity contribution in [3.8, 4) is 11.5 Å². The Labute approximate surface area is 115 Å². The molecule has 0 atom stereocenters. The van der Waals surface area contributed by atoms with E-state index in [1.807, 2.05) is 33.8 Å². The molecule has 0 aliphatic rings. The topological polar surface area (TPSA) is 18.5 Å². The summed E-state index contributed by atoms with van der Waals surface area (Å²) in [5, 5.41) is 2.36. The normalized spacial score (nSPS) is 11.3. The predicted octanol–water partition coefficient (Wildman–Crippen LogP) is 4.72. The molecule has 0 fully saturated rings. The molecule has 0 heterocycles.